The van der Waals surface area contributed by atoms with Crippen molar-refractivity contribution in [1.29, 1.82) is 0 Å². The second kappa shape index (κ2) is 5.54. The first-order valence-corrected chi connectivity index (χ1v) is 7.05. The topological polar surface area (TPSA) is 91.5 Å². The van der Waals surface area contributed by atoms with Crippen molar-refractivity contribution in [3.63, 3.8) is 0 Å². The fraction of sp³-hybridized carbons (Fsp3) is 0.643. The van der Waals surface area contributed by atoms with Crippen molar-refractivity contribution in [1.82, 2.24) is 19.5 Å². The largest absolute Gasteiger partial charge is 0.382 e. The minimum Gasteiger partial charge on any atom is -0.382 e. The highest BCUT2D eigenvalue weighted by Crippen LogP contribution is 2.35. The molecule has 0 spiro atoms. The molecule has 8 nitrogen and oxygen atoms in total. The van der Waals surface area contributed by atoms with E-state index in [0.29, 0.717) is 23.6 Å². The molecule has 2 aromatic rings. The maximum atomic E-state index is 11.2. The Balaban J connectivity index is 2.14. The predicted molar refractivity (Wildman–Crippen MR) is 77.4 cm³/mol. The van der Waals surface area contributed by atoms with Crippen molar-refractivity contribution in [2.24, 2.45) is 0 Å². The molecule has 1 aliphatic rings. The van der Waals surface area contributed by atoms with Crippen LogP contribution in [0.4, 0.5) is 0 Å². The van der Waals surface area contributed by atoms with E-state index in [2.05, 4.69) is 15.0 Å². The first kappa shape index (κ1) is 15.3. The lowest BCUT2D eigenvalue weighted by molar-refractivity contribution is -0.127. The Kier molecular flexibility index (Phi) is 3.85. The number of aromatic nitrogens is 4. The van der Waals surface area contributed by atoms with Crippen LogP contribution in [0.3, 0.4) is 0 Å². The highest BCUT2D eigenvalue weighted by atomic mass is 16.6. The van der Waals surface area contributed by atoms with E-state index < -0.39 is 11.8 Å². The van der Waals surface area contributed by atoms with Crippen molar-refractivity contribution >= 4 is 11.2 Å². The molecule has 8 heteroatoms. The quantitative estimate of drug-likeness (QED) is 0.859. The lowest BCUT2D eigenvalue weighted by Crippen LogP contribution is -2.48. The summed E-state index contributed by atoms with van der Waals surface area (Å²) in [4.78, 5) is 12.9. The minimum atomic E-state index is -1.39. The molecule has 1 fully saturated rings. The number of aliphatic hydroxyl groups is 1. The van der Waals surface area contributed by atoms with Crippen molar-refractivity contribution in [3.05, 3.63) is 17.8 Å². The van der Waals surface area contributed by atoms with Gasteiger partial charge in [-0.3, -0.25) is 4.57 Å². The zero-order chi connectivity index (χ0) is 15.9. The summed E-state index contributed by atoms with van der Waals surface area (Å²) >= 11 is 0. The smallest absolute Gasteiger partial charge is 0.197 e. The second-order valence-electron chi connectivity index (χ2n) is 5.47. The molecule has 0 bridgehead atoms. The third-order valence-electron chi connectivity index (χ3n) is 4.07. The summed E-state index contributed by atoms with van der Waals surface area (Å²) in [5.74, 6) is 0.629. The van der Waals surface area contributed by atoms with Gasteiger partial charge in [0.2, 0.25) is 0 Å². The lowest BCUT2D eigenvalue weighted by atomic mass is 10.1. The van der Waals surface area contributed by atoms with E-state index in [4.69, 9.17) is 14.2 Å². The average Bonchev–Trinajstić information content (AvgIpc) is 2.98. The van der Waals surface area contributed by atoms with E-state index in [0.717, 1.165) is 5.69 Å². The third kappa shape index (κ3) is 2.11. The number of hydrogen-bond donors (Lipinski definition) is 1. The van der Waals surface area contributed by atoms with Crippen LogP contribution < -0.4 is 0 Å². The number of aryl methyl sites for hydroxylation is 2. The number of rotatable bonds is 4. The molecular weight excluding hydrogens is 288 g/mol. The van der Waals surface area contributed by atoms with Crippen LogP contribution in [0.15, 0.2) is 6.33 Å². The van der Waals surface area contributed by atoms with Gasteiger partial charge < -0.3 is 19.3 Å². The Hall–Kier alpha value is -1.61. The molecule has 0 saturated carbocycles. The van der Waals surface area contributed by atoms with Crippen LogP contribution in [0.5, 0.6) is 0 Å². The number of nitrogens with zero attached hydrogens (tertiary/aromatic N) is 4. The second-order valence-corrected chi connectivity index (χ2v) is 5.47. The molecule has 3 heterocycles. The van der Waals surface area contributed by atoms with Crippen molar-refractivity contribution in [2.75, 3.05) is 27.4 Å². The maximum Gasteiger partial charge on any atom is 0.197 e. The fourth-order valence-electron chi connectivity index (χ4n) is 3.11. The molecule has 1 unspecified atom stereocenters. The highest BCUT2D eigenvalue weighted by molar-refractivity contribution is 5.74. The van der Waals surface area contributed by atoms with Gasteiger partial charge >= 0.3 is 0 Å². The first-order chi connectivity index (χ1) is 10.5. The van der Waals surface area contributed by atoms with Crippen LogP contribution in [0.25, 0.3) is 11.2 Å². The van der Waals surface area contributed by atoms with Crippen LogP contribution in [0, 0.1) is 13.8 Å². The van der Waals surface area contributed by atoms with Crippen LogP contribution >= 0.6 is 0 Å². The van der Waals surface area contributed by atoms with Gasteiger partial charge in [-0.2, -0.15) is 0 Å². The van der Waals surface area contributed by atoms with Gasteiger partial charge in [0.25, 0.3) is 0 Å². The van der Waals surface area contributed by atoms with E-state index >= 15 is 0 Å². The van der Waals surface area contributed by atoms with E-state index in [1.54, 1.807) is 18.8 Å². The molecule has 0 amide bonds. The molecule has 1 aliphatic heterocycles. The van der Waals surface area contributed by atoms with Crippen molar-refractivity contribution < 1.29 is 19.3 Å². The van der Waals surface area contributed by atoms with Gasteiger partial charge in [0.05, 0.1) is 18.9 Å². The Morgan fingerprint density at radius 2 is 2.18 bits per heavy atom. The Morgan fingerprint density at radius 1 is 1.41 bits per heavy atom. The van der Waals surface area contributed by atoms with Gasteiger partial charge in [0, 0.05) is 14.2 Å². The first-order valence-electron chi connectivity index (χ1n) is 7.05. The Labute approximate surface area is 128 Å². The number of ether oxygens (including phenoxy) is 3. The SMILES string of the molecule is COC[C@H]1OC[C@@](O)(n2c(C)nc3c(C)ncnc32)C1OC. The molecule has 120 valence electrons. The monoisotopic (exact) mass is 308 g/mol. The lowest BCUT2D eigenvalue weighted by Gasteiger charge is -2.31. The number of hydrogen-bond acceptors (Lipinski definition) is 7. The maximum absolute atomic E-state index is 11.2. The molecule has 0 radical (unpaired) electrons. The van der Waals surface area contributed by atoms with Crippen LogP contribution in [0.2, 0.25) is 0 Å². The van der Waals surface area contributed by atoms with Crippen molar-refractivity contribution in [3.8, 4) is 0 Å². The number of fused-ring (bicyclic) bond motifs is 1. The van der Waals surface area contributed by atoms with E-state index in [9.17, 15) is 5.11 Å². The van der Waals surface area contributed by atoms with Crippen LogP contribution in [0.1, 0.15) is 11.5 Å². The van der Waals surface area contributed by atoms with Gasteiger partial charge in [-0.15, -0.1) is 0 Å². The van der Waals surface area contributed by atoms with E-state index in [-0.39, 0.29) is 12.7 Å². The number of imidazole rings is 1. The summed E-state index contributed by atoms with van der Waals surface area (Å²) in [6.07, 6.45) is 0.515. The van der Waals surface area contributed by atoms with Gasteiger partial charge in [-0.25, -0.2) is 15.0 Å². The van der Waals surface area contributed by atoms with Gasteiger partial charge in [0.1, 0.15) is 29.9 Å². The molecule has 2 aromatic heterocycles. The number of methoxy groups -OCH3 is 2. The predicted octanol–water partition coefficient (Wildman–Crippen LogP) is 0.148. The molecular formula is C14H20N4O4. The standard InChI is InChI=1S/C14H20N4O4/c1-8-11-13(16-7-15-8)18(9(2)17-11)14(19)6-22-10(5-20-3)12(14)21-4/h7,10,12,19H,5-6H2,1-4H3/t10-,12?,14+/m1/s1. The van der Waals surface area contributed by atoms with E-state index in [1.165, 1.54) is 6.33 Å². The fourth-order valence-corrected chi connectivity index (χ4v) is 3.11. The summed E-state index contributed by atoms with van der Waals surface area (Å²) in [5.41, 5.74) is 0.601. The summed E-state index contributed by atoms with van der Waals surface area (Å²) in [6, 6.07) is 0. The third-order valence-corrected chi connectivity index (χ3v) is 4.07. The summed E-state index contributed by atoms with van der Waals surface area (Å²) in [6.45, 7) is 4.09. The summed E-state index contributed by atoms with van der Waals surface area (Å²) in [7, 11) is 3.13. The molecule has 0 aliphatic carbocycles. The van der Waals surface area contributed by atoms with Gasteiger partial charge in [-0.1, -0.05) is 0 Å². The molecule has 3 atom stereocenters. The summed E-state index contributed by atoms with van der Waals surface area (Å²) in [5, 5.41) is 11.2. The zero-order valence-electron chi connectivity index (χ0n) is 13.1. The van der Waals surface area contributed by atoms with Crippen LogP contribution in [-0.4, -0.2) is 64.3 Å². The average molecular weight is 308 g/mol. The Bertz CT molecular complexity index is 689. The normalized spacial score (nSPS) is 28.6. The molecule has 3 rings (SSSR count). The zero-order valence-corrected chi connectivity index (χ0v) is 13.1. The highest BCUT2D eigenvalue weighted by Gasteiger charge is 2.52. The Morgan fingerprint density at radius 3 is 2.86 bits per heavy atom. The van der Waals surface area contributed by atoms with Crippen molar-refractivity contribution in [2.45, 2.75) is 31.8 Å². The molecule has 1 N–H and O–H groups in total. The van der Waals surface area contributed by atoms with E-state index in [1.807, 2.05) is 13.8 Å². The van der Waals surface area contributed by atoms with Gasteiger partial charge in [0.15, 0.2) is 11.4 Å². The molecule has 22 heavy (non-hydrogen) atoms. The molecule has 0 aromatic carbocycles. The molecule has 1 saturated heterocycles. The van der Waals surface area contributed by atoms with Crippen LogP contribution in [-0.2, 0) is 19.9 Å². The minimum absolute atomic E-state index is 0.0783. The summed E-state index contributed by atoms with van der Waals surface area (Å²) < 4.78 is 18.0. The van der Waals surface area contributed by atoms with Gasteiger partial charge in [-0.05, 0) is 13.8 Å².